The van der Waals surface area contributed by atoms with E-state index in [1.807, 2.05) is 0 Å². The lowest BCUT2D eigenvalue weighted by Gasteiger charge is -2.16. The van der Waals surface area contributed by atoms with Crippen LogP contribution in [-0.4, -0.2) is 38.4 Å². The highest BCUT2D eigenvalue weighted by atomic mass is 32.2. The maximum Gasteiger partial charge on any atom is 0.339 e. The van der Waals surface area contributed by atoms with Crippen molar-refractivity contribution in [2.45, 2.75) is 11.8 Å². The first-order valence-electron chi connectivity index (χ1n) is 8.97. The van der Waals surface area contributed by atoms with Crippen molar-refractivity contribution >= 4 is 56.9 Å². The molecule has 3 rings (SSSR count). The van der Waals surface area contributed by atoms with Gasteiger partial charge in [-0.25, -0.2) is 0 Å². The van der Waals surface area contributed by atoms with Gasteiger partial charge in [-0.1, -0.05) is 6.07 Å². The van der Waals surface area contributed by atoms with E-state index in [4.69, 9.17) is 21.1 Å². The van der Waals surface area contributed by atoms with E-state index >= 15 is 0 Å². The second-order valence-corrected chi connectivity index (χ2v) is 8.40. The molecule has 2 aromatic rings. The van der Waals surface area contributed by atoms with Crippen LogP contribution in [0.3, 0.4) is 0 Å². The van der Waals surface area contributed by atoms with Crippen LogP contribution in [-0.2, 0) is 24.5 Å². The number of carbonyl (C=O) groups is 3. The summed E-state index contributed by atoms with van der Waals surface area (Å²) in [7, 11) is -2.93. The van der Waals surface area contributed by atoms with Gasteiger partial charge in [0.2, 0.25) is 5.91 Å². The Labute approximate surface area is 188 Å². The summed E-state index contributed by atoms with van der Waals surface area (Å²) in [5.41, 5.74) is 0.516. The normalized spacial score (nSPS) is 13.7. The topological polar surface area (TPSA) is 140 Å². The monoisotopic (exact) mass is 475 g/mol. The minimum absolute atomic E-state index is 0.105. The number of hydrogen-bond donors (Lipinski definition) is 3. The summed E-state index contributed by atoms with van der Waals surface area (Å²) in [6.45, 7) is 1.33. The maximum absolute atomic E-state index is 12.7. The van der Waals surface area contributed by atoms with Gasteiger partial charge in [0, 0.05) is 12.6 Å². The van der Waals surface area contributed by atoms with E-state index in [9.17, 15) is 22.8 Å². The molecule has 0 bridgehead atoms. The Kier molecular flexibility index (Phi) is 6.55. The molecular formula is C20H17N3O7S2. The number of methoxy groups -OCH3 is 1. The number of benzene rings is 2. The van der Waals surface area contributed by atoms with Crippen LogP contribution in [0.2, 0.25) is 0 Å². The van der Waals surface area contributed by atoms with Gasteiger partial charge in [0.15, 0.2) is 16.6 Å². The van der Waals surface area contributed by atoms with Crippen molar-refractivity contribution in [3.05, 3.63) is 53.6 Å². The lowest BCUT2D eigenvalue weighted by molar-refractivity contribution is -0.123. The molecular weight excluding hydrogens is 458 g/mol. The van der Waals surface area contributed by atoms with Gasteiger partial charge in [-0.15, -0.1) is 0 Å². The fraction of sp³-hybridized carbons (Fsp3) is 0.100. The lowest BCUT2D eigenvalue weighted by Crippen LogP contribution is -2.51. The Hall–Kier alpha value is -3.77. The highest BCUT2D eigenvalue weighted by Gasteiger charge is 2.26. The number of rotatable bonds is 6. The van der Waals surface area contributed by atoms with Crippen molar-refractivity contribution < 1.29 is 31.7 Å². The summed E-state index contributed by atoms with van der Waals surface area (Å²) >= 11 is 4.75. The number of anilines is 1. The van der Waals surface area contributed by atoms with E-state index in [-0.39, 0.29) is 33.0 Å². The summed E-state index contributed by atoms with van der Waals surface area (Å²) in [5, 5.41) is 7.04. The molecule has 1 fully saturated rings. The maximum atomic E-state index is 12.7. The van der Waals surface area contributed by atoms with Crippen LogP contribution in [0.1, 0.15) is 12.5 Å². The molecule has 1 heterocycles. The average Bonchev–Trinajstić information content (AvgIpc) is 2.70. The quantitative estimate of drug-likeness (QED) is 0.246. The standard InChI is InChI=1S/C20H17N3O7S2/c1-11(24)21-13-4-6-14(7-5-13)32(27,28)30-17-10-12(3-8-16(17)29-2)9-15-18(25)22-20(31)23-19(15)26/h3-10H,1-2H3,(H,21,24)(H2,22,23,25,26,31). The molecule has 166 valence electrons. The number of hydrogen-bond acceptors (Lipinski definition) is 8. The average molecular weight is 476 g/mol. The number of thiocarbonyl (C=S) groups is 1. The van der Waals surface area contributed by atoms with Crippen molar-refractivity contribution in [1.29, 1.82) is 0 Å². The molecule has 1 saturated heterocycles. The molecule has 12 heteroatoms. The summed E-state index contributed by atoms with van der Waals surface area (Å²) < 4.78 is 35.8. The predicted octanol–water partition coefficient (Wildman–Crippen LogP) is 1.34. The zero-order valence-corrected chi connectivity index (χ0v) is 18.4. The molecule has 1 aliphatic rings. The zero-order chi connectivity index (χ0) is 23.5. The number of ether oxygens (including phenoxy) is 1. The Bertz CT molecular complexity index is 1230. The fourth-order valence-corrected chi connectivity index (χ4v) is 3.81. The van der Waals surface area contributed by atoms with Crippen LogP contribution in [0.5, 0.6) is 11.5 Å². The van der Waals surface area contributed by atoms with Gasteiger partial charge < -0.3 is 14.2 Å². The summed E-state index contributed by atoms with van der Waals surface area (Å²) in [6.07, 6.45) is 1.26. The Morgan fingerprint density at radius 3 is 2.22 bits per heavy atom. The van der Waals surface area contributed by atoms with Gasteiger partial charge in [0.1, 0.15) is 10.5 Å². The largest absolute Gasteiger partial charge is 0.493 e. The minimum Gasteiger partial charge on any atom is -0.493 e. The molecule has 0 aromatic heterocycles. The molecule has 3 N–H and O–H groups in total. The first-order chi connectivity index (χ1) is 15.1. The Balaban J connectivity index is 1.91. The van der Waals surface area contributed by atoms with Gasteiger partial charge in [0.05, 0.1) is 7.11 Å². The smallest absolute Gasteiger partial charge is 0.339 e. The SMILES string of the molecule is COc1ccc(C=C2C(=O)NC(=S)NC2=O)cc1OS(=O)(=O)c1ccc(NC(C)=O)cc1. The third-order valence-electron chi connectivity index (χ3n) is 4.10. The van der Waals surface area contributed by atoms with Crippen LogP contribution in [0.4, 0.5) is 5.69 Å². The number of amides is 3. The molecule has 2 aromatic carbocycles. The fourth-order valence-electron chi connectivity index (χ4n) is 2.70. The van der Waals surface area contributed by atoms with Crippen molar-refractivity contribution in [3.63, 3.8) is 0 Å². The van der Waals surface area contributed by atoms with Crippen LogP contribution in [0, 0.1) is 0 Å². The first kappa shape index (κ1) is 22.9. The van der Waals surface area contributed by atoms with Gasteiger partial charge in [0.25, 0.3) is 11.8 Å². The van der Waals surface area contributed by atoms with E-state index in [0.717, 1.165) is 0 Å². The lowest BCUT2D eigenvalue weighted by atomic mass is 10.1. The van der Waals surface area contributed by atoms with E-state index in [1.165, 1.54) is 62.6 Å². The minimum atomic E-state index is -4.26. The van der Waals surface area contributed by atoms with Crippen LogP contribution in [0.15, 0.2) is 52.9 Å². The molecule has 0 radical (unpaired) electrons. The zero-order valence-electron chi connectivity index (χ0n) is 16.8. The Morgan fingerprint density at radius 2 is 1.66 bits per heavy atom. The van der Waals surface area contributed by atoms with E-state index in [1.54, 1.807) is 0 Å². The number of carbonyl (C=O) groups excluding carboxylic acids is 3. The van der Waals surface area contributed by atoms with Gasteiger partial charge in [-0.3, -0.25) is 25.0 Å². The summed E-state index contributed by atoms with van der Waals surface area (Å²) in [4.78, 5) is 35.0. The molecule has 0 atom stereocenters. The number of nitrogens with one attached hydrogen (secondary N) is 3. The predicted molar refractivity (Wildman–Crippen MR) is 118 cm³/mol. The summed E-state index contributed by atoms with van der Waals surface area (Å²) in [5.74, 6) is -1.72. The summed E-state index contributed by atoms with van der Waals surface area (Å²) in [6, 6.07) is 9.64. The second-order valence-electron chi connectivity index (χ2n) is 6.45. The van der Waals surface area contributed by atoms with Gasteiger partial charge in [-0.05, 0) is 60.3 Å². The second kappa shape index (κ2) is 9.16. The molecule has 0 aliphatic carbocycles. The van der Waals surface area contributed by atoms with Crippen LogP contribution < -0.4 is 24.9 Å². The van der Waals surface area contributed by atoms with Crippen molar-refractivity contribution in [2.75, 3.05) is 12.4 Å². The van der Waals surface area contributed by atoms with Crippen LogP contribution >= 0.6 is 12.2 Å². The Morgan fingerprint density at radius 1 is 1.03 bits per heavy atom. The molecule has 1 aliphatic heterocycles. The van der Waals surface area contributed by atoms with Gasteiger partial charge in [-0.2, -0.15) is 8.42 Å². The molecule has 10 nitrogen and oxygen atoms in total. The van der Waals surface area contributed by atoms with E-state index in [0.29, 0.717) is 11.3 Å². The highest BCUT2D eigenvalue weighted by Crippen LogP contribution is 2.32. The van der Waals surface area contributed by atoms with E-state index in [2.05, 4.69) is 16.0 Å². The highest BCUT2D eigenvalue weighted by molar-refractivity contribution is 7.87. The molecule has 0 saturated carbocycles. The van der Waals surface area contributed by atoms with E-state index < -0.39 is 21.9 Å². The van der Waals surface area contributed by atoms with Crippen molar-refractivity contribution in [3.8, 4) is 11.5 Å². The molecule has 32 heavy (non-hydrogen) atoms. The molecule has 3 amide bonds. The molecule has 0 unspecified atom stereocenters. The molecule has 0 spiro atoms. The third kappa shape index (κ3) is 5.28. The van der Waals surface area contributed by atoms with Gasteiger partial charge >= 0.3 is 10.1 Å². The van der Waals surface area contributed by atoms with Crippen molar-refractivity contribution in [1.82, 2.24) is 10.6 Å². The van der Waals surface area contributed by atoms with Crippen LogP contribution in [0.25, 0.3) is 6.08 Å². The first-order valence-corrected chi connectivity index (χ1v) is 10.8. The third-order valence-corrected chi connectivity index (χ3v) is 5.56. The van der Waals surface area contributed by atoms with Crippen molar-refractivity contribution in [2.24, 2.45) is 0 Å².